The second-order valence-electron chi connectivity index (χ2n) is 8.61. The molecular formula is C25H29N5O4S. The fourth-order valence-corrected chi connectivity index (χ4v) is 5.19. The Morgan fingerprint density at radius 1 is 0.886 bits per heavy atom. The summed E-state index contributed by atoms with van der Waals surface area (Å²) < 4.78 is 2.58. The maximum Gasteiger partial charge on any atom is 0.332 e. The van der Waals surface area contributed by atoms with Crippen LogP contribution in [0.15, 0.2) is 38.9 Å². The van der Waals surface area contributed by atoms with Crippen molar-refractivity contribution in [3.05, 3.63) is 62.1 Å². The molecule has 0 unspecified atom stereocenters. The molecule has 2 aromatic heterocycles. The molecule has 0 saturated carbocycles. The van der Waals surface area contributed by atoms with E-state index in [0.29, 0.717) is 47.0 Å². The monoisotopic (exact) mass is 495 g/mol. The Balaban J connectivity index is 1.75. The van der Waals surface area contributed by atoms with Crippen molar-refractivity contribution in [3.8, 4) is 0 Å². The van der Waals surface area contributed by atoms with E-state index in [2.05, 4.69) is 16.9 Å². The van der Waals surface area contributed by atoms with Crippen molar-refractivity contribution >= 4 is 34.6 Å². The molecule has 0 fully saturated rings. The Kier molecular flexibility index (Phi) is 7.49. The van der Waals surface area contributed by atoms with E-state index in [1.165, 1.54) is 11.6 Å². The molecule has 0 radical (unpaired) electrons. The number of aromatic nitrogens is 4. The summed E-state index contributed by atoms with van der Waals surface area (Å²) in [6, 6.07) is 6.71. The highest BCUT2D eigenvalue weighted by Gasteiger charge is 2.35. The summed E-state index contributed by atoms with van der Waals surface area (Å²) in [5.41, 5.74) is 0.145. The van der Waals surface area contributed by atoms with Crippen molar-refractivity contribution in [1.82, 2.24) is 24.0 Å². The average Bonchev–Trinajstić information content (AvgIpc) is 3.11. The van der Waals surface area contributed by atoms with Crippen LogP contribution in [-0.4, -0.2) is 41.7 Å². The maximum atomic E-state index is 13.1. The molecule has 2 amide bonds. The number of carbonyl (C=O) groups excluding carboxylic acids is 2. The summed E-state index contributed by atoms with van der Waals surface area (Å²) in [4.78, 5) is 62.1. The van der Waals surface area contributed by atoms with E-state index in [4.69, 9.17) is 0 Å². The molecule has 1 aliphatic rings. The van der Waals surface area contributed by atoms with Crippen LogP contribution in [0.25, 0.3) is 11.0 Å². The Morgan fingerprint density at radius 3 is 2.20 bits per heavy atom. The number of hydrogen-bond donors (Lipinski definition) is 0. The van der Waals surface area contributed by atoms with Crippen LogP contribution in [-0.2, 0) is 20.0 Å². The molecule has 0 spiro atoms. The zero-order chi connectivity index (χ0) is 25.1. The molecule has 3 heterocycles. The van der Waals surface area contributed by atoms with Gasteiger partial charge in [0, 0.05) is 20.0 Å². The van der Waals surface area contributed by atoms with Crippen molar-refractivity contribution < 1.29 is 9.59 Å². The van der Waals surface area contributed by atoms with Crippen molar-refractivity contribution in [2.24, 2.45) is 7.05 Å². The number of thioether (sulfide) groups is 1. The number of hydrogen-bond acceptors (Lipinski definition) is 7. The highest BCUT2D eigenvalue weighted by atomic mass is 32.2. The molecule has 0 bridgehead atoms. The minimum Gasteiger partial charge on any atom is -0.277 e. The van der Waals surface area contributed by atoms with E-state index in [0.717, 1.165) is 46.9 Å². The molecule has 0 saturated heterocycles. The Morgan fingerprint density at radius 2 is 1.57 bits per heavy atom. The van der Waals surface area contributed by atoms with Crippen molar-refractivity contribution in [1.29, 1.82) is 0 Å². The van der Waals surface area contributed by atoms with Gasteiger partial charge in [-0.1, -0.05) is 57.0 Å². The van der Waals surface area contributed by atoms with E-state index in [1.807, 2.05) is 6.92 Å². The normalized spacial score (nSPS) is 13.2. The van der Waals surface area contributed by atoms with Gasteiger partial charge in [-0.25, -0.2) is 14.8 Å². The van der Waals surface area contributed by atoms with E-state index in [9.17, 15) is 19.2 Å². The van der Waals surface area contributed by atoms with Crippen LogP contribution >= 0.6 is 11.8 Å². The number of carbonyl (C=O) groups is 2. The Labute approximate surface area is 207 Å². The fourth-order valence-electron chi connectivity index (χ4n) is 4.21. The minimum atomic E-state index is -0.486. The maximum absolute atomic E-state index is 13.1. The molecule has 9 nitrogen and oxygen atoms in total. The van der Waals surface area contributed by atoms with Crippen LogP contribution in [0.3, 0.4) is 0 Å². The largest absolute Gasteiger partial charge is 0.332 e. The standard InChI is InChI=1S/C25H29N5O4S/c1-4-6-7-8-13-18-26-20-19(24(33)28(3)25(34)29(20)14-5-2)21(27-18)35-15-30-22(31)16-11-9-10-12-17(16)23(30)32/h9-12H,4-8,13-15H2,1-3H3. The smallest absolute Gasteiger partial charge is 0.277 e. The van der Waals surface area contributed by atoms with E-state index < -0.39 is 11.2 Å². The van der Waals surface area contributed by atoms with Gasteiger partial charge in [-0.05, 0) is 25.0 Å². The van der Waals surface area contributed by atoms with Gasteiger partial charge in [0.2, 0.25) is 0 Å². The summed E-state index contributed by atoms with van der Waals surface area (Å²) in [7, 11) is 1.44. The zero-order valence-corrected chi connectivity index (χ0v) is 21.1. The average molecular weight is 496 g/mol. The number of rotatable bonds is 10. The predicted molar refractivity (Wildman–Crippen MR) is 135 cm³/mol. The Hall–Kier alpha value is -3.27. The van der Waals surface area contributed by atoms with Gasteiger partial charge in [0.25, 0.3) is 17.4 Å². The Bertz CT molecular complexity index is 1380. The predicted octanol–water partition coefficient (Wildman–Crippen LogP) is 3.37. The van der Waals surface area contributed by atoms with Gasteiger partial charge in [0.15, 0.2) is 5.65 Å². The lowest BCUT2D eigenvalue weighted by molar-refractivity contribution is 0.0684. The minimum absolute atomic E-state index is 0.00376. The van der Waals surface area contributed by atoms with E-state index in [-0.39, 0.29) is 23.1 Å². The molecule has 1 aromatic carbocycles. The molecule has 0 aliphatic carbocycles. The first-order valence-corrected chi connectivity index (χ1v) is 13.0. The lowest BCUT2D eigenvalue weighted by Crippen LogP contribution is -2.39. The third-order valence-electron chi connectivity index (χ3n) is 6.10. The molecule has 0 N–H and O–H groups in total. The third kappa shape index (κ3) is 4.67. The molecule has 184 valence electrons. The number of benzene rings is 1. The number of fused-ring (bicyclic) bond motifs is 2. The molecule has 0 atom stereocenters. The lowest BCUT2D eigenvalue weighted by Gasteiger charge is -2.16. The van der Waals surface area contributed by atoms with E-state index >= 15 is 0 Å². The van der Waals surface area contributed by atoms with Gasteiger partial charge in [0.1, 0.15) is 16.2 Å². The van der Waals surface area contributed by atoms with Gasteiger partial charge in [-0.2, -0.15) is 0 Å². The number of aryl methyl sites for hydroxylation is 2. The number of unbranched alkanes of at least 4 members (excludes halogenated alkanes) is 3. The van der Waals surface area contributed by atoms with Crippen LogP contribution in [0.1, 0.15) is 72.5 Å². The summed E-state index contributed by atoms with van der Waals surface area (Å²) in [5, 5.41) is 0.613. The molecule has 3 aromatic rings. The topological polar surface area (TPSA) is 107 Å². The summed E-state index contributed by atoms with van der Waals surface area (Å²) in [6.07, 6.45) is 5.45. The van der Waals surface area contributed by atoms with E-state index in [1.54, 1.807) is 24.3 Å². The SMILES string of the molecule is CCCCCCc1nc(SCN2C(=O)c3ccccc3C2=O)c2c(=O)n(C)c(=O)n(CCC)c2n1. The summed E-state index contributed by atoms with van der Waals surface area (Å²) >= 11 is 1.14. The first-order valence-electron chi connectivity index (χ1n) is 12.0. The van der Waals surface area contributed by atoms with Crippen molar-refractivity contribution in [2.75, 3.05) is 5.88 Å². The quantitative estimate of drug-likeness (QED) is 0.184. The fraction of sp³-hybridized carbons (Fsp3) is 0.440. The van der Waals surface area contributed by atoms with Gasteiger partial charge < -0.3 is 0 Å². The number of imide groups is 1. The third-order valence-corrected chi connectivity index (χ3v) is 7.06. The second-order valence-corrected chi connectivity index (χ2v) is 9.54. The highest BCUT2D eigenvalue weighted by molar-refractivity contribution is 7.99. The van der Waals surface area contributed by atoms with Crippen LogP contribution in [0.2, 0.25) is 0 Å². The molecule has 10 heteroatoms. The lowest BCUT2D eigenvalue weighted by atomic mass is 10.1. The number of nitrogens with zero attached hydrogens (tertiary/aromatic N) is 5. The summed E-state index contributed by atoms with van der Waals surface area (Å²) in [6.45, 7) is 4.51. The summed E-state index contributed by atoms with van der Waals surface area (Å²) in [5.74, 6) is -0.181. The number of amides is 2. The van der Waals surface area contributed by atoms with Crippen LogP contribution in [0, 0.1) is 0 Å². The van der Waals surface area contributed by atoms with Crippen molar-refractivity contribution in [2.45, 2.75) is 63.9 Å². The second kappa shape index (κ2) is 10.6. The molecule has 1 aliphatic heterocycles. The van der Waals surface area contributed by atoms with Gasteiger partial charge in [-0.3, -0.25) is 28.4 Å². The van der Waals surface area contributed by atoms with Crippen molar-refractivity contribution in [3.63, 3.8) is 0 Å². The van der Waals surface area contributed by atoms with Gasteiger partial charge >= 0.3 is 5.69 Å². The molecular weight excluding hydrogens is 466 g/mol. The first kappa shape index (κ1) is 24.8. The zero-order valence-electron chi connectivity index (χ0n) is 20.2. The van der Waals surface area contributed by atoms with Gasteiger partial charge in [-0.15, -0.1) is 0 Å². The van der Waals surface area contributed by atoms with Gasteiger partial charge in [0.05, 0.1) is 17.0 Å². The molecule has 4 rings (SSSR count). The highest BCUT2D eigenvalue weighted by Crippen LogP contribution is 2.29. The van der Waals surface area contributed by atoms with Crippen LogP contribution in [0.4, 0.5) is 0 Å². The van der Waals surface area contributed by atoms with Crippen LogP contribution < -0.4 is 11.2 Å². The molecule has 35 heavy (non-hydrogen) atoms. The first-order chi connectivity index (χ1) is 16.9. The van der Waals surface area contributed by atoms with Crippen LogP contribution in [0.5, 0.6) is 0 Å².